The number of carbonyl (C=O) groups is 3. The van der Waals surface area contributed by atoms with Crippen LogP contribution in [-0.4, -0.2) is 53.3 Å². The lowest BCUT2D eigenvalue weighted by molar-refractivity contribution is -0.161. The van der Waals surface area contributed by atoms with E-state index in [1.807, 2.05) is 0 Å². The van der Waals surface area contributed by atoms with Gasteiger partial charge in [-0.3, -0.25) is 9.59 Å². The minimum Gasteiger partial charge on any atom is -0.467 e. The fourth-order valence-corrected chi connectivity index (χ4v) is 2.72. The lowest BCUT2D eigenvalue weighted by atomic mass is 9.99. The van der Waals surface area contributed by atoms with Crippen LogP contribution in [0.2, 0.25) is 0 Å². The first-order valence-electron chi connectivity index (χ1n) is 7.07. The zero-order valence-corrected chi connectivity index (χ0v) is 14.4. The fraction of sp³-hybridized carbons (Fsp3) is 0.533. The molecule has 3 atom stereocenters. The van der Waals surface area contributed by atoms with Gasteiger partial charge in [0.05, 0.1) is 7.11 Å². The van der Waals surface area contributed by atoms with Crippen molar-refractivity contribution >= 4 is 41.0 Å². The minimum atomic E-state index is -1.05. The molecular weight excluding hydrogens is 343 g/mol. The second-order valence-corrected chi connectivity index (χ2v) is 5.78. The van der Waals surface area contributed by atoms with Crippen LogP contribution in [0.5, 0.6) is 0 Å². The summed E-state index contributed by atoms with van der Waals surface area (Å²) < 4.78 is 4.66. The quantitative estimate of drug-likeness (QED) is 0.169. The van der Waals surface area contributed by atoms with E-state index in [1.54, 1.807) is 6.08 Å². The first-order valence-corrected chi connectivity index (χ1v) is 8.04. The molecule has 0 radical (unpaired) electrons. The van der Waals surface area contributed by atoms with Crippen LogP contribution in [0.3, 0.4) is 0 Å². The summed E-state index contributed by atoms with van der Waals surface area (Å²) in [6.45, 7) is 7.24. The molecule has 8 heteroatoms. The van der Waals surface area contributed by atoms with E-state index >= 15 is 0 Å². The Balaban J connectivity index is 2.70. The predicted molar refractivity (Wildman–Crippen MR) is 88.1 cm³/mol. The van der Waals surface area contributed by atoms with E-state index in [9.17, 15) is 14.4 Å². The number of nitrogens with one attached hydrogen (secondary N) is 1. The SMILES string of the molecule is C=CCCCC(=O)NC1C(=O)N(C(C(=C)CCl)C(=O)OC)C1Cl. The van der Waals surface area contributed by atoms with Gasteiger partial charge in [-0.25, -0.2) is 4.79 Å². The summed E-state index contributed by atoms with van der Waals surface area (Å²) in [5.41, 5.74) is -0.566. The van der Waals surface area contributed by atoms with Gasteiger partial charge in [-0.05, 0) is 18.4 Å². The molecule has 1 fully saturated rings. The van der Waals surface area contributed by atoms with Gasteiger partial charge in [-0.2, -0.15) is 0 Å². The third-order valence-corrected chi connectivity index (χ3v) is 4.26. The van der Waals surface area contributed by atoms with E-state index in [2.05, 4.69) is 23.2 Å². The van der Waals surface area contributed by atoms with Gasteiger partial charge >= 0.3 is 5.97 Å². The Bertz CT molecular complexity index is 494. The lowest BCUT2D eigenvalue weighted by Gasteiger charge is -2.47. The van der Waals surface area contributed by atoms with Crippen LogP contribution in [0.25, 0.3) is 0 Å². The number of ether oxygens (including phenoxy) is 1. The van der Waals surface area contributed by atoms with Crippen LogP contribution in [-0.2, 0) is 19.1 Å². The smallest absolute Gasteiger partial charge is 0.333 e. The number of unbranched alkanes of at least 4 members (excludes halogenated alkanes) is 1. The van der Waals surface area contributed by atoms with E-state index < -0.39 is 29.5 Å². The molecule has 1 saturated heterocycles. The van der Waals surface area contributed by atoms with Gasteiger partial charge < -0.3 is 15.0 Å². The van der Waals surface area contributed by atoms with Crippen molar-refractivity contribution in [3.05, 3.63) is 24.8 Å². The Morgan fingerprint density at radius 2 is 2.17 bits per heavy atom. The number of esters is 1. The first kappa shape index (κ1) is 19.5. The molecule has 1 heterocycles. The summed E-state index contributed by atoms with van der Waals surface area (Å²) in [4.78, 5) is 37.0. The second-order valence-electron chi connectivity index (χ2n) is 5.06. The maximum absolute atomic E-state index is 12.2. The Hall–Kier alpha value is -1.53. The molecule has 1 rings (SSSR count). The fourth-order valence-electron chi connectivity index (χ4n) is 2.19. The highest BCUT2D eigenvalue weighted by Crippen LogP contribution is 2.30. The van der Waals surface area contributed by atoms with Crippen molar-refractivity contribution in [3.63, 3.8) is 0 Å². The van der Waals surface area contributed by atoms with Crippen molar-refractivity contribution in [1.82, 2.24) is 10.2 Å². The maximum atomic E-state index is 12.2. The number of alkyl halides is 2. The highest BCUT2D eigenvalue weighted by Gasteiger charge is 2.52. The third kappa shape index (κ3) is 4.48. The first-order chi connectivity index (χ1) is 10.9. The number of nitrogens with zero attached hydrogens (tertiary/aromatic N) is 1. The van der Waals surface area contributed by atoms with Crippen LogP contribution in [0.15, 0.2) is 24.8 Å². The Morgan fingerprint density at radius 1 is 1.52 bits per heavy atom. The number of halogens is 2. The average molecular weight is 363 g/mol. The number of allylic oxidation sites excluding steroid dienone is 1. The molecule has 2 amide bonds. The lowest BCUT2D eigenvalue weighted by Crippen LogP contribution is -2.72. The molecule has 0 saturated carbocycles. The van der Waals surface area contributed by atoms with Gasteiger partial charge in [0.15, 0.2) is 6.04 Å². The Kier molecular flexibility index (Phi) is 7.58. The van der Waals surface area contributed by atoms with Gasteiger partial charge in [0.25, 0.3) is 5.91 Å². The van der Waals surface area contributed by atoms with Crippen LogP contribution in [0, 0.1) is 0 Å². The molecule has 3 unspecified atom stereocenters. The molecule has 128 valence electrons. The number of hydrogen-bond donors (Lipinski definition) is 1. The largest absolute Gasteiger partial charge is 0.467 e. The Morgan fingerprint density at radius 3 is 2.65 bits per heavy atom. The highest BCUT2D eigenvalue weighted by molar-refractivity contribution is 6.27. The summed E-state index contributed by atoms with van der Waals surface area (Å²) in [6, 6.07) is -1.93. The van der Waals surface area contributed by atoms with Crippen molar-refractivity contribution in [2.75, 3.05) is 13.0 Å². The molecule has 0 aromatic rings. The van der Waals surface area contributed by atoms with Crippen molar-refractivity contribution in [2.45, 2.75) is 36.8 Å². The molecule has 0 spiro atoms. The molecule has 0 aliphatic carbocycles. The van der Waals surface area contributed by atoms with Crippen molar-refractivity contribution in [3.8, 4) is 0 Å². The number of likely N-dealkylation sites (tertiary alicyclic amines) is 1. The van der Waals surface area contributed by atoms with Crippen molar-refractivity contribution in [2.24, 2.45) is 0 Å². The van der Waals surface area contributed by atoms with E-state index in [4.69, 9.17) is 23.2 Å². The van der Waals surface area contributed by atoms with Crippen LogP contribution in [0.1, 0.15) is 19.3 Å². The molecular formula is C15H20Cl2N2O4. The van der Waals surface area contributed by atoms with Crippen LogP contribution in [0.4, 0.5) is 0 Å². The molecule has 6 nitrogen and oxygen atoms in total. The molecule has 23 heavy (non-hydrogen) atoms. The number of amides is 2. The number of rotatable bonds is 9. The highest BCUT2D eigenvalue weighted by atomic mass is 35.5. The van der Waals surface area contributed by atoms with Crippen LogP contribution < -0.4 is 5.32 Å². The molecule has 1 aliphatic heterocycles. The van der Waals surface area contributed by atoms with Crippen molar-refractivity contribution < 1.29 is 19.1 Å². The van der Waals surface area contributed by atoms with Crippen LogP contribution >= 0.6 is 23.2 Å². The van der Waals surface area contributed by atoms with E-state index in [0.29, 0.717) is 18.4 Å². The van der Waals surface area contributed by atoms with Gasteiger partial charge in [-0.15, -0.1) is 18.2 Å². The molecule has 1 aliphatic rings. The second kappa shape index (κ2) is 8.93. The summed E-state index contributed by atoms with van der Waals surface area (Å²) >= 11 is 11.9. The zero-order chi connectivity index (χ0) is 17.6. The van der Waals surface area contributed by atoms with E-state index in [0.717, 1.165) is 4.90 Å². The van der Waals surface area contributed by atoms with Gasteiger partial charge in [0.2, 0.25) is 5.91 Å². The van der Waals surface area contributed by atoms with E-state index in [1.165, 1.54) is 7.11 Å². The molecule has 1 N–H and O–H groups in total. The van der Waals surface area contributed by atoms with Gasteiger partial charge in [0.1, 0.15) is 11.5 Å². The number of carbonyl (C=O) groups excluding carboxylic acids is 3. The number of β-lactam (4-membered cyclic amide) rings is 1. The Labute approximate surface area is 145 Å². The number of methoxy groups -OCH3 is 1. The summed E-state index contributed by atoms with van der Waals surface area (Å²) in [5, 5.41) is 2.56. The number of hydrogen-bond acceptors (Lipinski definition) is 4. The topological polar surface area (TPSA) is 75.7 Å². The van der Waals surface area contributed by atoms with Gasteiger partial charge in [-0.1, -0.05) is 24.3 Å². The molecule has 0 aromatic heterocycles. The summed E-state index contributed by atoms with van der Waals surface area (Å²) in [5.74, 6) is -1.44. The monoisotopic (exact) mass is 362 g/mol. The van der Waals surface area contributed by atoms with Gasteiger partial charge in [0, 0.05) is 12.3 Å². The summed E-state index contributed by atoms with van der Waals surface area (Å²) in [7, 11) is 1.20. The zero-order valence-electron chi connectivity index (χ0n) is 12.9. The maximum Gasteiger partial charge on any atom is 0.333 e. The molecule has 0 aromatic carbocycles. The average Bonchev–Trinajstić information content (AvgIpc) is 2.56. The molecule has 0 bridgehead atoms. The van der Waals surface area contributed by atoms with Crippen molar-refractivity contribution in [1.29, 1.82) is 0 Å². The summed E-state index contributed by atoms with van der Waals surface area (Å²) in [6.07, 6.45) is 3.34. The standard InChI is InChI=1S/C15H20Cl2N2O4/c1-4-5-6-7-10(20)18-11-13(17)19(14(11)21)12(9(2)8-16)15(22)23-3/h4,11-13H,1-2,5-8H2,3H3,(H,18,20). The predicted octanol–water partition coefficient (Wildman–Crippen LogP) is 1.57. The third-order valence-electron chi connectivity index (χ3n) is 3.45. The normalized spacial score (nSPS) is 21.2. The van der Waals surface area contributed by atoms with E-state index in [-0.39, 0.29) is 18.2 Å². The minimum absolute atomic E-state index is 0.0221.